The van der Waals surface area contributed by atoms with Gasteiger partial charge in [0.05, 0.1) is 5.75 Å². The zero-order valence-electron chi connectivity index (χ0n) is 18.0. The van der Waals surface area contributed by atoms with Gasteiger partial charge in [-0.2, -0.15) is 0 Å². The quantitative estimate of drug-likeness (QED) is 0.454. The third-order valence-electron chi connectivity index (χ3n) is 5.49. The molecule has 1 heterocycles. The summed E-state index contributed by atoms with van der Waals surface area (Å²) in [6, 6.07) is 16.1. The molecule has 1 aliphatic heterocycles. The van der Waals surface area contributed by atoms with Crippen molar-refractivity contribution in [3.05, 3.63) is 59.7 Å². The van der Waals surface area contributed by atoms with Crippen molar-refractivity contribution < 1.29 is 9.59 Å². The summed E-state index contributed by atoms with van der Waals surface area (Å²) in [6.07, 6.45) is 7.17. The lowest BCUT2D eigenvalue weighted by Gasteiger charge is -2.26. The van der Waals surface area contributed by atoms with Crippen LogP contribution in [-0.4, -0.2) is 17.6 Å². The number of benzene rings is 2. The Hall–Kier alpha value is -2.27. The molecule has 2 aromatic carbocycles. The molecule has 0 spiro atoms. The van der Waals surface area contributed by atoms with Gasteiger partial charge in [0.1, 0.15) is 5.37 Å². The monoisotopic (exact) mass is 424 g/mol. The molecule has 1 saturated heterocycles. The second-order valence-electron chi connectivity index (χ2n) is 7.74. The van der Waals surface area contributed by atoms with Crippen molar-refractivity contribution in [3.63, 3.8) is 0 Å². The second-order valence-corrected chi connectivity index (χ2v) is 8.81. The van der Waals surface area contributed by atoms with E-state index in [-0.39, 0.29) is 17.2 Å². The number of aryl methyl sites for hydroxylation is 1. The minimum Gasteiger partial charge on any atom is -0.326 e. The summed E-state index contributed by atoms with van der Waals surface area (Å²) in [7, 11) is 0. The molecule has 0 aliphatic carbocycles. The fraction of sp³-hybridized carbons (Fsp3) is 0.440. The van der Waals surface area contributed by atoms with Crippen molar-refractivity contribution in [2.75, 3.05) is 16.0 Å². The number of thioether (sulfide) groups is 1. The number of unbranched alkanes of at least 4 members (excludes halogenated alkanes) is 4. The fourth-order valence-corrected chi connectivity index (χ4v) is 4.99. The van der Waals surface area contributed by atoms with E-state index in [1.165, 1.54) is 24.8 Å². The minimum atomic E-state index is -0.0338. The number of para-hydroxylation sites is 1. The zero-order chi connectivity index (χ0) is 21.3. The van der Waals surface area contributed by atoms with Gasteiger partial charge in [-0.15, -0.1) is 11.8 Å². The Labute approximate surface area is 184 Å². The molecule has 0 aromatic heterocycles. The molecule has 0 bridgehead atoms. The second kappa shape index (κ2) is 11.2. The largest absolute Gasteiger partial charge is 0.326 e. The van der Waals surface area contributed by atoms with E-state index in [0.717, 1.165) is 36.2 Å². The number of amides is 2. The first-order valence-corrected chi connectivity index (χ1v) is 12.1. The number of carbonyl (C=O) groups excluding carboxylic acids is 2. The lowest BCUT2D eigenvalue weighted by atomic mass is 10.1. The van der Waals surface area contributed by atoms with E-state index in [2.05, 4.69) is 25.2 Å². The predicted octanol–water partition coefficient (Wildman–Crippen LogP) is 6.33. The third kappa shape index (κ3) is 5.66. The Morgan fingerprint density at radius 2 is 1.77 bits per heavy atom. The van der Waals surface area contributed by atoms with E-state index in [0.29, 0.717) is 12.2 Å². The first-order chi connectivity index (χ1) is 14.6. The number of hydrogen-bond donors (Lipinski definition) is 1. The van der Waals surface area contributed by atoms with Gasteiger partial charge in [0, 0.05) is 17.8 Å². The van der Waals surface area contributed by atoms with Gasteiger partial charge in [-0.25, -0.2) is 0 Å². The van der Waals surface area contributed by atoms with Crippen LogP contribution in [0.5, 0.6) is 0 Å². The Balaban J connectivity index is 1.63. The molecule has 1 fully saturated rings. The van der Waals surface area contributed by atoms with Crippen molar-refractivity contribution in [1.29, 1.82) is 0 Å². The molecule has 30 heavy (non-hydrogen) atoms. The van der Waals surface area contributed by atoms with E-state index in [9.17, 15) is 9.59 Å². The molecule has 2 aromatic rings. The van der Waals surface area contributed by atoms with Crippen molar-refractivity contribution in [1.82, 2.24) is 0 Å². The standard InChI is InChI=1S/C25H32N2O2S/c1-3-5-6-7-8-13-23(28)26-21-16-14-20(15-17-21)25-27(24(29)18-30-25)22-12-10-9-11-19(22)4-2/h9-12,14-17,25H,3-8,13,18H2,1-2H3,(H,26,28)/t25-/m0/s1. The van der Waals surface area contributed by atoms with E-state index in [1.54, 1.807) is 11.8 Å². The van der Waals surface area contributed by atoms with Crippen LogP contribution in [0.3, 0.4) is 0 Å². The smallest absolute Gasteiger partial charge is 0.238 e. The van der Waals surface area contributed by atoms with Crippen LogP contribution in [0.4, 0.5) is 11.4 Å². The van der Waals surface area contributed by atoms with Crippen LogP contribution in [0.25, 0.3) is 0 Å². The number of rotatable bonds is 10. The molecule has 0 radical (unpaired) electrons. The summed E-state index contributed by atoms with van der Waals surface area (Å²) >= 11 is 1.65. The van der Waals surface area contributed by atoms with Crippen molar-refractivity contribution in [3.8, 4) is 0 Å². The highest BCUT2D eigenvalue weighted by atomic mass is 32.2. The molecular formula is C25H32N2O2S. The Bertz CT molecular complexity index is 850. The van der Waals surface area contributed by atoms with Gasteiger partial charge < -0.3 is 5.32 Å². The summed E-state index contributed by atoms with van der Waals surface area (Å²) in [5, 5.41) is 2.96. The lowest BCUT2D eigenvalue weighted by molar-refractivity contribution is -0.116. The number of nitrogens with one attached hydrogen (secondary N) is 1. The van der Waals surface area contributed by atoms with Gasteiger partial charge in [0.25, 0.3) is 0 Å². The molecule has 2 amide bonds. The summed E-state index contributed by atoms with van der Waals surface area (Å²) in [5.41, 5.74) is 4.07. The average molecular weight is 425 g/mol. The molecule has 5 heteroatoms. The number of hydrogen-bond acceptors (Lipinski definition) is 3. The topological polar surface area (TPSA) is 49.4 Å². The van der Waals surface area contributed by atoms with Gasteiger partial charge >= 0.3 is 0 Å². The first-order valence-electron chi connectivity index (χ1n) is 11.1. The summed E-state index contributed by atoms with van der Waals surface area (Å²) in [6.45, 7) is 4.31. The molecule has 1 aliphatic rings. The Kier molecular flexibility index (Phi) is 8.38. The van der Waals surface area contributed by atoms with E-state index < -0.39 is 0 Å². The molecule has 160 valence electrons. The minimum absolute atomic E-state index is 0.0338. The highest BCUT2D eigenvalue weighted by Crippen LogP contribution is 2.43. The van der Waals surface area contributed by atoms with E-state index in [4.69, 9.17) is 0 Å². The van der Waals surface area contributed by atoms with E-state index in [1.807, 2.05) is 47.4 Å². The molecule has 1 N–H and O–H groups in total. The third-order valence-corrected chi connectivity index (χ3v) is 6.70. The van der Waals surface area contributed by atoms with Crippen molar-refractivity contribution >= 4 is 35.0 Å². The van der Waals surface area contributed by atoms with Crippen LogP contribution < -0.4 is 10.2 Å². The molecule has 4 nitrogen and oxygen atoms in total. The first kappa shape index (κ1) is 22.4. The normalized spacial score (nSPS) is 16.1. The maximum absolute atomic E-state index is 12.7. The lowest BCUT2D eigenvalue weighted by Crippen LogP contribution is -2.28. The molecule has 3 rings (SSSR count). The van der Waals surface area contributed by atoms with Crippen LogP contribution in [0.15, 0.2) is 48.5 Å². The van der Waals surface area contributed by atoms with Gasteiger partial charge in [0.15, 0.2) is 0 Å². The van der Waals surface area contributed by atoms with Crippen LogP contribution in [0, 0.1) is 0 Å². The molecule has 0 saturated carbocycles. The maximum Gasteiger partial charge on any atom is 0.238 e. The maximum atomic E-state index is 12.7. The Morgan fingerprint density at radius 3 is 2.50 bits per heavy atom. The molecule has 1 atom stereocenters. The van der Waals surface area contributed by atoms with E-state index >= 15 is 0 Å². The SMILES string of the molecule is CCCCCCCC(=O)Nc1ccc([C@@H]2SCC(=O)N2c2ccccc2CC)cc1. The summed E-state index contributed by atoms with van der Waals surface area (Å²) in [4.78, 5) is 26.7. The molecular weight excluding hydrogens is 392 g/mol. The van der Waals surface area contributed by atoms with Gasteiger partial charge in [-0.05, 0) is 42.2 Å². The highest BCUT2D eigenvalue weighted by Gasteiger charge is 2.34. The van der Waals surface area contributed by atoms with Gasteiger partial charge in [-0.1, -0.05) is 69.9 Å². The number of nitrogens with zero attached hydrogens (tertiary/aromatic N) is 1. The van der Waals surface area contributed by atoms with Crippen LogP contribution >= 0.6 is 11.8 Å². The predicted molar refractivity (Wildman–Crippen MR) is 127 cm³/mol. The van der Waals surface area contributed by atoms with Crippen LogP contribution in [-0.2, 0) is 16.0 Å². The summed E-state index contributed by atoms with van der Waals surface area (Å²) < 4.78 is 0. The highest BCUT2D eigenvalue weighted by molar-refractivity contribution is 8.00. The number of anilines is 2. The van der Waals surface area contributed by atoms with Crippen LogP contribution in [0.1, 0.15) is 68.9 Å². The van der Waals surface area contributed by atoms with Gasteiger partial charge in [-0.3, -0.25) is 14.5 Å². The molecule has 0 unspecified atom stereocenters. The zero-order valence-corrected chi connectivity index (χ0v) is 18.8. The van der Waals surface area contributed by atoms with Gasteiger partial charge in [0.2, 0.25) is 11.8 Å². The van der Waals surface area contributed by atoms with Crippen molar-refractivity contribution in [2.45, 2.75) is 64.2 Å². The summed E-state index contributed by atoms with van der Waals surface area (Å²) in [5.74, 6) is 0.702. The fourth-order valence-electron chi connectivity index (χ4n) is 3.82. The Morgan fingerprint density at radius 1 is 1.03 bits per heavy atom. The number of carbonyl (C=O) groups is 2. The van der Waals surface area contributed by atoms with Crippen LogP contribution in [0.2, 0.25) is 0 Å². The average Bonchev–Trinajstić information content (AvgIpc) is 3.15. The van der Waals surface area contributed by atoms with Crippen molar-refractivity contribution in [2.24, 2.45) is 0 Å².